The van der Waals surface area contributed by atoms with Gasteiger partial charge in [-0.15, -0.1) is 0 Å². The average Bonchev–Trinajstić information content (AvgIpc) is 2.47. The number of hydrogen-bond donors (Lipinski definition) is 2. The smallest absolute Gasteiger partial charge is 0.0610 e. The Kier molecular flexibility index (Phi) is 8.62. The SMILES string of the molecule is CCCNC(C)(CO)CCCSCc1ccc(Cl)cc1. The summed E-state index contributed by atoms with van der Waals surface area (Å²) in [6, 6.07) is 8.04. The van der Waals surface area contributed by atoms with Crippen molar-refractivity contribution in [3.63, 3.8) is 0 Å². The number of rotatable bonds is 10. The number of benzene rings is 1. The lowest BCUT2D eigenvalue weighted by atomic mass is 9.97. The van der Waals surface area contributed by atoms with Gasteiger partial charge in [0.15, 0.2) is 0 Å². The molecule has 0 bridgehead atoms. The molecule has 0 fully saturated rings. The molecule has 4 heteroatoms. The summed E-state index contributed by atoms with van der Waals surface area (Å²) in [6.07, 6.45) is 3.23. The molecular formula is C16H26ClNOS. The number of aliphatic hydroxyl groups is 1. The quantitative estimate of drug-likeness (QED) is 0.637. The van der Waals surface area contributed by atoms with Crippen molar-refractivity contribution in [2.45, 2.75) is 44.4 Å². The fourth-order valence-corrected chi connectivity index (χ4v) is 3.03. The maximum atomic E-state index is 9.49. The minimum absolute atomic E-state index is 0.128. The third-order valence-electron chi connectivity index (χ3n) is 3.35. The number of aliphatic hydroxyl groups excluding tert-OH is 1. The second-order valence-electron chi connectivity index (χ2n) is 5.43. The third kappa shape index (κ3) is 6.98. The minimum Gasteiger partial charge on any atom is -0.394 e. The van der Waals surface area contributed by atoms with Crippen molar-refractivity contribution in [1.82, 2.24) is 5.32 Å². The maximum absolute atomic E-state index is 9.49. The van der Waals surface area contributed by atoms with E-state index in [9.17, 15) is 5.11 Å². The Hall–Kier alpha value is -0.220. The second-order valence-corrected chi connectivity index (χ2v) is 6.97. The summed E-state index contributed by atoms with van der Waals surface area (Å²) in [5.74, 6) is 2.14. The van der Waals surface area contributed by atoms with Crippen LogP contribution in [0, 0.1) is 0 Å². The number of nitrogens with one attached hydrogen (secondary N) is 1. The van der Waals surface area contributed by atoms with Crippen LogP contribution in [0.1, 0.15) is 38.7 Å². The lowest BCUT2D eigenvalue weighted by Crippen LogP contribution is -2.46. The fourth-order valence-electron chi connectivity index (χ4n) is 1.99. The van der Waals surface area contributed by atoms with E-state index in [1.165, 1.54) is 5.56 Å². The van der Waals surface area contributed by atoms with Crippen molar-refractivity contribution >= 4 is 23.4 Å². The zero-order valence-corrected chi connectivity index (χ0v) is 14.1. The normalized spacial score (nSPS) is 14.2. The number of thioether (sulfide) groups is 1. The molecule has 114 valence electrons. The zero-order chi connectivity index (χ0) is 14.8. The molecule has 1 unspecified atom stereocenters. The van der Waals surface area contributed by atoms with Crippen LogP contribution < -0.4 is 5.32 Å². The van der Waals surface area contributed by atoms with E-state index >= 15 is 0 Å². The highest BCUT2D eigenvalue weighted by Crippen LogP contribution is 2.19. The first-order valence-electron chi connectivity index (χ1n) is 7.28. The standard InChI is InChI=1S/C16H26ClNOS/c1-3-10-18-16(2,13-19)9-4-11-20-12-14-5-7-15(17)8-6-14/h5-8,18-19H,3-4,9-13H2,1-2H3. The van der Waals surface area contributed by atoms with Crippen molar-refractivity contribution < 1.29 is 5.11 Å². The van der Waals surface area contributed by atoms with E-state index in [2.05, 4.69) is 31.3 Å². The van der Waals surface area contributed by atoms with Gasteiger partial charge in [-0.05, 0) is 56.2 Å². The Balaban J connectivity index is 2.18. The van der Waals surface area contributed by atoms with E-state index in [0.717, 1.165) is 42.3 Å². The molecule has 1 atom stereocenters. The van der Waals surface area contributed by atoms with E-state index in [1.54, 1.807) is 0 Å². The molecule has 0 aliphatic carbocycles. The topological polar surface area (TPSA) is 32.3 Å². The molecule has 0 saturated carbocycles. The lowest BCUT2D eigenvalue weighted by molar-refractivity contribution is 0.165. The van der Waals surface area contributed by atoms with Crippen molar-refractivity contribution in [3.05, 3.63) is 34.9 Å². The van der Waals surface area contributed by atoms with Crippen LogP contribution in [0.2, 0.25) is 5.02 Å². The highest BCUT2D eigenvalue weighted by molar-refractivity contribution is 7.98. The predicted octanol–water partition coefficient (Wildman–Crippen LogP) is 4.10. The highest BCUT2D eigenvalue weighted by atomic mass is 35.5. The number of halogens is 1. The van der Waals surface area contributed by atoms with Crippen LogP contribution in [0.15, 0.2) is 24.3 Å². The molecule has 0 saturated heterocycles. The summed E-state index contributed by atoms with van der Waals surface area (Å²) >= 11 is 7.80. The molecule has 1 rings (SSSR count). The summed E-state index contributed by atoms with van der Waals surface area (Å²) in [5, 5.41) is 13.7. The summed E-state index contributed by atoms with van der Waals surface area (Å²) in [6.45, 7) is 5.42. The van der Waals surface area contributed by atoms with Gasteiger partial charge >= 0.3 is 0 Å². The molecule has 0 amide bonds. The second kappa shape index (κ2) is 9.67. The fraction of sp³-hybridized carbons (Fsp3) is 0.625. The Morgan fingerprint density at radius 3 is 2.60 bits per heavy atom. The van der Waals surface area contributed by atoms with Gasteiger partial charge in [-0.1, -0.05) is 30.7 Å². The molecule has 20 heavy (non-hydrogen) atoms. The van der Waals surface area contributed by atoms with Crippen LogP contribution in [0.25, 0.3) is 0 Å². The lowest BCUT2D eigenvalue weighted by Gasteiger charge is -2.28. The van der Waals surface area contributed by atoms with Gasteiger partial charge in [0.25, 0.3) is 0 Å². The van der Waals surface area contributed by atoms with Gasteiger partial charge in [0.2, 0.25) is 0 Å². The van der Waals surface area contributed by atoms with Crippen molar-refractivity contribution in [2.75, 3.05) is 18.9 Å². The molecule has 1 aromatic rings. The Morgan fingerprint density at radius 1 is 1.30 bits per heavy atom. The molecule has 1 aromatic carbocycles. The summed E-state index contributed by atoms with van der Waals surface area (Å²) in [5.41, 5.74) is 1.19. The van der Waals surface area contributed by atoms with Gasteiger partial charge in [0.05, 0.1) is 6.61 Å². The Bertz CT molecular complexity index is 371. The van der Waals surface area contributed by atoms with Crippen LogP contribution >= 0.6 is 23.4 Å². The van der Waals surface area contributed by atoms with Crippen LogP contribution in [0.3, 0.4) is 0 Å². The molecule has 0 aliphatic heterocycles. The Morgan fingerprint density at radius 2 is 2.00 bits per heavy atom. The first-order valence-corrected chi connectivity index (χ1v) is 8.81. The van der Waals surface area contributed by atoms with Gasteiger partial charge in [-0.2, -0.15) is 11.8 Å². The summed E-state index contributed by atoms with van der Waals surface area (Å²) in [4.78, 5) is 0. The van der Waals surface area contributed by atoms with Crippen LogP contribution in [0.5, 0.6) is 0 Å². The van der Waals surface area contributed by atoms with Gasteiger partial charge in [0, 0.05) is 16.3 Å². The third-order valence-corrected chi connectivity index (χ3v) is 4.72. The van der Waals surface area contributed by atoms with Gasteiger partial charge in [-0.25, -0.2) is 0 Å². The molecule has 2 N–H and O–H groups in total. The van der Waals surface area contributed by atoms with Crippen LogP contribution in [-0.2, 0) is 5.75 Å². The maximum Gasteiger partial charge on any atom is 0.0610 e. The van der Waals surface area contributed by atoms with E-state index in [4.69, 9.17) is 11.6 Å². The van der Waals surface area contributed by atoms with Crippen LogP contribution in [0.4, 0.5) is 0 Å². The van der Waals surface area contributed by atoms with E-state index in [1.807, 2.05) is 23.9 Å². The molecule has 0 aromatic heterocycles. The monoisotopic (exact) mass is 315 g/mol. The van der Waals surface area contributed by atoms with Crippen molar-refractivity contribution in [1.29, 1.82) is 0 Å². The summed E-state index contributed by atoms with van der Waals surface area (Å²) < 4.78 is 0. The molecule has 2 nitrogen and oxygen atoms in total. The largest absolute Gasteiger partial charge is 0.394 e. The minimum atomic E-state index is -0.128. The molecule has 0 heterocycles. The van der Waals surface area contributed by atoms with Crippen molar-refractivity contribution in [3.8, 4) is 0 Å². The predicted molar refractivity (Wildman–Crippen MR) is 90.6 cm³/mol. The van der Waals surface area contributed by atoms with E-state index in [-0.39, 0.29) is 12.1 Å². The summed E-state index contributed by atoms with van der Waals surface area (Å²) in [7, 11) is 0. The molecular weight excluding hydrogens is 290 g/mol. The van der Waals surface area contributed by atoms with Crippen molar-refractivity contribution in [2.24, 2.45) is 0 Å². The van der Waals surface area contributed by atoms with Gasteiger partial charge in [-0.3, -0.25) is 0 Å². The van der Waals surface area contributed by atoms with Crippen LogP contribution in [-0.4, -0.2) is 29.5 Å². The first-order chi connectivity index (χ1) is 9.59. The highest BCUT2D eigenvalue weighted by Gasteiger charge is 2.21. The molecule has 0 spiro atoms. The van der Waals surface area contributed by atoms with E-state index in [0.29, 0.717) is 0 Å². The van der Waals surface area contributed by atoms with E-state index < -0.39 is 0 Å². The molecule has 0 aliphatic rings. The zero-order valence-electron chi connectivity index (χ0n) is 12.5. The average molecular weight is 316 g/mol. The first kappa shape index (κ1) is 17.8. The number of hydrogen-bond acceptors (Lipinski definition) is 3. The Labute approximate surface area is 132 Å². The van der Waals surface area contributed by atoms with Gasteiger partial charge < -0.3 is 10.4 Å². The van der Waals surface area contributed by atoms with Gasteiger partial charge in [0.1, 0.15) is 0 Å². The molecule has 0 radical (unpaired) electrons.